The van der Waals surface area contributed by atoms with Crippen LogP contribution in [-0.4, -0.2) is 33.2 Å². The fourth-order valence-corrected chi connectivity index (χ4v) is 0. The molecular formula is C12H18O6Zr. The van der Waals surface area contributed by atoms with Gasteiger partial charge in [0, 0.05) is 42.9 Å². The first-order valence-corrected chi connectivity index (χ1v) is 4.59. The third-order valence-corrected chi connectivity index (χ3v) is 1.10. The molecule has 0 aliphatic carbocycles. The Bertz CT molecular complexity index is 277. The zero-order chi connectivity index (χ0) is 15.5. The van der Waals surface area contributed by atoms with Crippen LogP contribution in [0.3, 0.4) is 0 Å². The summed E-state index contributed by atoms with van der Waals surface area (Å²) in [7, 11) is 0. The van der Waals surface area contributed by atoms with Crippen molar-refractivity contribution >= 4 is 17.9 Å². The molecule has 6 nitrogen and oxygen atoms in total. The number of carboxylic acids is 3. The van der Waals surface area contributed by atoms with Crippen molar-refractivity contribution in [2.24, 2.45) is 0 Å². The van der Waals surface area contributed by atoms with E-state index in [1.807, 2.05) is 0 Å². The van der Waals surface area contributed by atoms with Gasteiger partial charge in [0.25, 0.3) is 0 Å². The van der Waals surface area contributed by atoms with Gasteiger partial charge in [-0.25, -0.2) is 14.4 Å². The number of aliphatic carboxylic acids is 3. The first-order valence-electron chi connectivity index (χ1n) is 4.59. The van der Waals surface area contributed by atoms with E-state index in [4.69, 9.17) is 15.3 Å². The Morgan fingerprint density at radius 3 is 0.684 bits per heavy atom. The molecule has 106 valence electrons. The van der Waals surface area contributed by atoms with Crippen LogP contribution in [0.2, 0.25) is 0 Å². The van der Waals surface area contributed by atoms with Gasteiger partial charge in [0.05, 0.1) is 0 Å². The maximum Gasteiger partial charge on any atom is 0.330 e. The molecule has 0 aromatic heterocycles. The van der Waals surface area contributed by atoms with E-state index >= 15 is 0 Å². The molecule has 7 heteroatoms. The Balaban J connectivity index is -0.0000000865. The molecule has 0 aromatic carbocycles. The van der Waals surface area contributed by atoms with E-state index in [1.165, 1.54) is 20.8 Å². The van der Waals surface area contributed by atoms with Crippen molar-refractivity contribution in [2.45, 2.75) is 20.8 Å². The van der Waals surface area contributed by atoms with Crippen molar-refractivity contribution in [3.8, 4) is 0 Å². The van der Waals surface area contributed by atoms with E-state index in [1.54, 1.807) is 0 Å². The van der Waals surface area contributed by atoms with Crippen LogP contribution in [0.15, 0.2) is 36.5 Å². The third-order valence-electron chi connectivity index (χ3n) is 1.10. The molecule has 0 heterocycles. The smallest absolute Gasteiger partial charge is 0.330 e. The van der Waals surface area contributed by atoms with E-state index in [-0.39, 0.29) is 42.9 Å². The SMILES string of the molecule is C=C(C)C(=O)O.C=C(C)C(=O)O.C=C(C)C(=O)O.[Zr]. The quantitative estimate of drug-likeness (QED) is 0.671. The Morgan fingerprint density at radius 2 is 0.684 bits per heavy atom. The summed E-state index contributed by atoms with van der Waals surface area (Å²) in [6.45, 7) is 13.8. The van der Waals surface area contributed by atoms with E-state index in [9.17, 15) is 14.4 Å². The molecule has 0 aromatic rings. The molecule has 19 heavy (non-hydrogen) atoms. The van der Waals surface area contributed by atoms with Crippen molar-refractivity contribution < 1.29 is 55.9 Å². The number of carbonyl (C=O) groups is 3. The Hall–Kier alpha value is -1.49. The van der Waals surface area contributed by atoms with E-state index < -0.39 is 17.9 Å². The zero-order valence-corrected chi connectivity index (χ0v) is 13.6. The Kier molecular flexibility index (Phi) is 20.1. The third kappa shape index (κ3) is 31.5. The number of hydrogen-bond acceptors (Lipinski definition) is 3. The second kappa shape index (κ2) is 14.6. The fourth-order valence-electron chi connectivity index (χ4n) is 0. The number of hydrogen-bond donors (Lipinski definition) is 3. The van der Waals surface area contributed by atoms with Crippen molar-refractivity contribution in [3.63, 3.8) is 0 Å². The molecule has 0 amide bonds. The van der Waals surface area contributed by atoms with Gasteiger partial charge in [0.15, 0.2) is 0 Å². The minimum absolute atomic E-state index is 0. The molecule has 0 saturated heterocycles. The van der Waals surface area contributed by atoms with Crippen molar-refractivity contribution in [2.75, 3.05) is 0 Å². The zero-order valence-electron chi connectivity index (χ0n) is 11.2. The van der Waals surface area contributed by atoms with Crippen LogP contribution >= 0.6 is 0 Å². The first kappa shape index (κ1) is 26.2. The van der Waals surface area contributed by atoms with E-state index in [2.05, 4.69) is 19.7 Å². The van der Waals surface area contributed by atoms with Crippen LogP contribution in [0.5, 0.6) is 0 Å². The molecule has 0 aliphatic rings. The summed E-state index contributed by atoms with van der Waals surface area (Å²) in [6.07, 6.45) is 0. The van der Waals surface area contributed by atoms with Gasteiger partial charge in [-0.1, -0.05) is 19.7 Å². The molecule has 0 spiro atoms. The molecule has 0 bridgehead atoms. The summed E-state index contributed by atoms with van der Waals surface area (Å²) in [6, 6.07) is 0. The van der Waals surface area contributed by atoms with Gasteiger partial charge in [-0.3, -0.25) is 0 Å². The normalized spacial score (nSPS) is 7.11. The van der Waals surface area contributed by atoms with Crippen LogP contribution in [0.25, 0.3) is 0 Å². The minimum Gasteiger partial charge on any atom is -0.478 e. The molecule has 0 unspecified atom stereocenters. The maximum absolute atomic E-state index is 9.60. The predicted octanol–water partition coefficient (Wildman–Crippen LogP) is 1.94. The molecular weight excluding hydrogens is 331 g/mol. The maximum atomic E-state index is 9.60. The summed E-state index contributed by atoms with van der Waals surface area (Å²) in [5, 5.41) is 23.7. The summed E-state index contributed by atoms with van der Waals surface area (Å²) in [4.78, 5) is 28.8. The van der Waals surface area contributed by atoms with Crippen LogP contribution in [0.1, 0.15) is 20.8 Å². The molecule has 0 fully saturated rings. The van der Waals surface area contributed by atoms with E-state index in [0.29, 0.717) is 0 Å². The first-order chi connectivity index (χ1) is 7.93. The Labute approximate surface area is 131 Å². The minimum atomic E-state index is -0.935. The molecule has 0 aliphatic heterocycles. The second-order valence-electron chi connectivity index (χ2n) is 3.26. The van der Waals surface area contributed by atoms with Gasteiger partial charge in [-0.15, -0.1) is 0 Å². The number of carboxylic acid groups (broad SMARTS) is 3. The summed E-state index contributed by atoms with van der Waals surface area (Å²) in [5.74, 6) is -2.81. The van der Waals surface area contributed by atoms with Gasteiger partial charge in [-0.2, -0.15) is 0 Å². The standard InChI is InChI=1S/3C4H6O2.Zr/c3*1-3(2)4(5)6;/h3*1H2,2H3,(H,5,6);. The van der Waals surface area contributed by atoms with Gasteiger partial charge >= 0.3 is 17.9 Å². The second-order valence-corrected chi connectivity index (χ2v) is 3.26. The molecule has 0 rings (SSSR count). The van der Waals surface area contributed by atoms with Gasteiger partial charge in [0.1, 0.15) is 0 Å². The summed E-state index contributed by atoms with van der Waals surface area (Å²) in [5.41, 5.74) is 0.528. The average Bonchev–Trinajstić information content (AvgIpc) is 2.18. The molecule has 0 saturated carbocycles. The van der Waals surface area contributed by atoms with Gasteiger partial charge in [-0.05, 0) is 20.8 Å². The van der Waals surface area contributed by atoms with E-state index in [0.717, 1.165) is 0 Å². The average molecular weight is 349 g/mol. The van der Waals surface area contributed by atoms with Gasteiger partial charge < -0.3 is 15.3 Å². The molecule has 3 N–H and O–H groups in total. The van der Waals surface area contributed by atoms with Crippen molar-refractivity contribution in [1.29, 1.82) is 0 Å². The van der Waals surface area contributed by atoms with Crippen molar-refractivity contribution in [3.05, 3.63) is 36.5 Å². The summed E-state index contributed by atoms with van der Waals surface area (Å²) < 4.78 is 0. The largest absolute Gasteiger partial charge is 0.478 e. The van der Waals surface area contributed by atoms with Crippen LogP contribution in [0, 0.1) is 0 Å². The van der Waals surface area contributed by atoms with Crippen LogP contribution in [0.4, 0.5) is 0 Å². The molecule has 0 radical (unpaired) electrons. The summed E-state index contributed by atoms with van der Waals surface area (Å²) >= 11 is 0. The van der Waals surface area contributed by atoms with Crippen LogP contribution < -0.4 is 0 Å². The van der Waals surface area contributed by atoms with Crippen molar-refractivity contribution in [1.82, 2.24) is 0 Å². The van der Waals surface area contributed by atoms with Gasteiger partial charge in [0.2, 0.25) is 0 Å². The van der Waals surface area contributed by atoms with Crippen LogP contribution in [-0.2, 0) is 40.6 Å². The number of rotatable bonds is 3. The molecule has 0 atom stereocenters. The monoisotopic (exact) mass is 348 g/mol. The predicted molar refractivity (Wildman–Crippen MR) is 67.3 cm³/mol. The topological polar surface area (TPSA) is 112 Å². The fraction of sp³-hybridized carbons (Fsp3) is 0.250. The Morgan fingerprint density at radius 1 is 0.632 bits per heavy atom.